The van der Waals surface area contributed by atoms with Gasteiger partial charge in [-0.2, -0.15) is 5.26 Å². The molecular weight excluding hydrogens is 276 g/mol. The van der Waals surface area contributed by atoms with Crippen LogP contribution in [0, 0.1) is 16.7 Å². The van der Waals surface area contributed by atoms with Crippen molar-refractivity contribution < 1.29 is 4.79 Å². The molecule has 0 bridgehead atoms. The Bertz CT molecular complexity index is 419. The molecule has 5 nitrogen and oxygen atoms in total. The zero-order chi connectivity index (χ0) is 17.0. The summed E-state index contributed by atoms with van der Waals surface area (Å²) in [5, 5.41) is 12.5. The summed E-state index contributed by atoms with van der Waals surface area (Å²) in [6.07, 6.45) is 3.41. The van der Waals surface area contributed by atoms with Crippen molar-refractivity contribution in [3.63, 3.8) is 0 Å². The highest BCUT2D eigenvalue weighted by Gasteiger charge is 2.42. The summed E-state index contributed by atoms with van der Waals surface area (Å²) in [6, 6.07) is 2.25. The summed E-state index contributed by atoms with van der Waals surface area (Å²) in [5.74, 6) is -0.206. The Hall–Kier alpha value is -1.12. The molecule has 1 aliphatic heterocycles. The van der Waals surface area contributed by atoms with Gasteiger partial charge in [-0.3, -0.25) is 9.69 Å². The number of carbonyl (C=O) groups is 1. The number of nitrogens with zero attached hydrogens (tertiary/aromatic N) is 2. The van der Waals surface area contributed by atoms with Crippen LogP contribution in [0.2, 0.25) is 0 Å². The van der Waals surface area contributed by atoms with Crippen LogP contribution in [0.4, 0.5) is 0 Å². The van der Waals surface area contributed by atoms with E-state index in [9.17, 15) is 10.1 Å². The molecule has 126 valence electrons. The number of hydrogen-bond donors (Lipinski definition) is 2. The largest absolute Gasteiger partial charge is 0.335 e. The molecule has 1 heterocycles. The normalized spacial score (nSPS) is 24.3. The van der Waals surface area contributed by atoms with Gasteiger partial charge in [0, 0.05) is 19.1 Å². The number of nitrogens with two attached hydrogens (primary N) is 1. The molecule has 1 aliphatic rings. The van der Waals surface area contributed by atoms with Crippen molar-refractivity contribution in [1.29, 1.82) is 5.26 Å². The summed E-state index contributed by atoms with van der Waals surface area (Å²) in [6.45, 7) is 12.0. The molecule has 0 spiro atoms. The second kappa shape index (κ2) is 7.43. The van der Waals surface area contributed by atoms with Gasteiger partial charge in [0.15, 0.2) is 0 Å². The van der Waals surface area contributed by atoms with E-state index in [0.29, 0.717) is 25.4 Å². The van der Waals surface area contributed by atoms with E-state index in [4.69, 9.17) is 5.73 Å². The molecule has 1 fully saturated rings. The van der Waals surface area contributed by atoms with Gasteiger partial charge in [-0.05, 0) is 31.1 Å². The SMILES string of the molecule is CCC(CC)N1CCC(C#N)(NC(=O)C(N)CC(C)(C)C)C1. The average Bonchev–Trinajstić information content (AvgIpc) is 2.83. The fourth-order valence-electron chi connectivity index (χ4n) is 3.26. The zero-order valence-corrected chi connectivity index (χ0v) is 14.8. The Labute approximate surface area is 135 Å². The number of nitriles is 1. The molecule has 1 rings (SSSR count). The molecule has 1 saturated heterocycles. The highest BCUT2D eigenvalue weighted by atomic mass is 16.2. The fraction of sp³-hybridized carbons (Fsp3) is 0.882. The van der Waals surface area contributed by atoms with Gasteiger partial charge in [-0.15, -0.1) is 0 Å². The van der Waals surface area contributed by atoms with Crippen LogP contribution in [0.1, 0.15) is 60.3 Å². The smallest absolute Gasteiger partial charge is 0.238 e. The van der Waals surface area contributed by atoms with E-state index < -0.39 is 11.6 Å². The number of likely N-dealkylation sites (tertiary alicyclic amines) is 1. The predicted octanol–water partition coefficient (Wildman–Crippen LogP) is 2.02. The van der Waals surface area contributed by atoms with Crippen molar-refractivity contribution in [2.24, 2.45) is 11.1 Å². The minimum Gasteiger partial charge on any atom is -0.335 e. The number of amides is 1. The topological polar surface area (TPSA) is 82.2 Å². The van der Waals surface area contributed by atoms with Crippen LogP contribution in [0.5, 0.6) is 0 Å². The molecule has 5 heteroatoms. The van der Waals surface area contributed by atoms with E-state index >= 15 is 0 Å². The zero-order valence-electron chi connectivity index (χ0n) is 14.8. The standard InChI is InChI=1S/C17H32N4O/c1-6-13(7-2)21-9-8-17(11-18,12-21)20-15(22)14(19)10-16(3,4)5/h13-14H,6-10,12,19H2,1-5H3,(H,20,22). The lowest BCUT2D eigenvalue weighted by Gasteiger charge is -2.30. The van der Waals surface area contributed by atoms with Gasteiger partial charge in [0.05, 0.1) is 12.1 Å². The lowest BCUT2D eigenvalue weighted by Crippen LogP contribution is -2.55. The van der Waals surface area contributed by atoms with E-state index in [0.717, 1.165) is 19.4 Å². The Balaban J connectivity index is 2.70. The van der Waals surface area contributed by atoms with Crippen LogP contribution in [-0.4, -0.2) is 41.5 Å². The third-order valence-electron chi connectivity index (χ3n) is 4.50. The Morgan fingerprint density at radius 2 is 2.00 bits per heavy atom. The first-order chi connectivity index (χ1) is 10.2. The third kappa shape index (κ3) is 4.96. The van der Waals surface area contributed by atoms with E-state index in [1.807, 2.05) is 0 Å². The van der Waals surface area contributed by atoms with Gasteiger partial charge in [0.25, 0.3) is 0 Å². The molecule has 2 unspecified atom stereocenters. The summed E-state index contributed by atoms with van der Waals surface area (Å²) < 4.78 is 0. The maximum Gasteiger partial charge on any atom is 0.238 e. The third-order valence-corrected chi connectivity index (χ3v) is 4.50. The van der Waals surface area contributed by atoms with Gasteiger partial charge in [-0.1, -0.05) is 34.6 Å². The van der Waals surface area contributed by atoms with E-state index in [1.54, 1.807) is 0 Å². The van der Waals surface area contributed by atoms with Crippen molar-refractivity contribution >= 4 is 5.91 Å². The number of hydrogen-bond acceptors (Lipinski definition) is 4. The summed E-state index contributed by atoms with van der Waals surface area (Å²) in [7, 11) is 0. The Kier molecular flexibility index (Phi) is 6.39. The van der Waals surface area contributed by atoms with Gasteiger partial charge >= 0.3 is 0 Å². The molecule has 1 amide bonds. The lowest BCUT2D eigenvalue weighted by molar-refractivity contribution is -0.124. The van der Waals surface area contributed by atoms with Crippen molar-refractivity contribution in [2.45, 2.75) is 77.9 Å². The first-order valence-electron chi connectivity index (χ1n) is 8.39. The van der Waals surface area contributed by atoms with Gasteiger partial charge in [0.2, 0.25) is 5.91 Å². The lowest BCUT2D eigenvalue weighted by atomic mass is 9.87. The number of nitrogens with one attached hydrogen (secondary N) is 1. The van der Waals surface area contributed by atoms with Gasteiger partial charge in [0.1, 0.15) is 5.54 Å². The second-order valence-electron chi connectivity index (χ2n) is 7.75. The minimum absolute atomic E-state index is 0.00616. The summed E-state index contributed by atoms with van der Waals surface area (Å²) in [5.41, 5.74) is 5.22. The molecular formula is C17H32N4O. The molecule has 2 atom stereocenters. The molecule has 0 aromatic heterocycles. The second-order valence-corrected chi connectivity index (χ2v) is 7.75. The number of carbonyl (C=O) groups excluding carboxylic acids is 1. The van der Waals surface area contributed by atoms with Crippen LogP contribution in [0.25, 0.3) is 0 Å². The monoisotopic (exact) mass is 308 g/mol. The molecule has 0 radical (unpaired) electrons. The van der Waals surface area contributed by atoms with Crippen LogP contribution in [0.3, 0.4) is 0 Å². The first kappa shape index (κ1) is 18.9. The first-order valence-corrected chi connectivity index (χ1v) is 8.39. The van der Waals surface area contributed by atoms with E-state index in [-0.39, 0.29) is 11.3 Å². The quantitative estimate of drug-likeness (QED) is 0.786. The summed E-state index contributed by atoms with van der Waals surface area (Å²) >= 11 is 0. The van der Waals surface area contributed by atoms with Crippen molar-refractivity contribution in [1.82, 2.24) is 10.2 Å². The molecule has 0 aromatic rings. The Morgan fingerprint density at radius 1 is 1.41 bits per heavy atom. The number of rotatable bonds is 6. The molecule has 0 aromatic carbocycles. The summed E-state index contributed by atoms with van der Waals surface area (Å²) in [4.78, 5) is 14.7. The van der Waals surface area contributed by atoms with Crippen LogP contribution in [0.15, 0.2) is 0 Å². The van der Waals surface area contributed by atoms with E-state index in [2.05, 4.69) is 50.9 Å². The highest BCUT2D eigenvalue weighted by molar-refractivity contribution is 5.82. The molecule has 0 aliphatic carbocycles. The molecule has 22 heavy (non-hydrogen) atoms. The van der Waals surface area contributed by atoms with Gasteiger partial charge < -0.3 is 11.1 Å². The molecule has 0 saturated carbocycles. The maximum atomic E-state index is 12.4. The highest BCUT2D eigenvalue weighted by Crippen LogP contribution is 2.26. The van der Waals surface area contributed by atoms with Crippen molar-refractivity contribution in [3.05, 3.63) is 0 Å². The average molecular weight is 308 g/mol. The van der Waals surface area contributed by atoms with E-state index in [1.165, 1.54) is 0 Å². The van der Waals surface area contributed by atoms with Gasteiger partial charge in [-0.25, -0.2) is 0 Å². The predicted molar refractivity (Wildman–Crippen MR) is 89.1 cm³/mol. The Morgan fingerprint density at radius 3 is 2.45 bits per heavy atom. The van der Waals surface area contributed by atoms with Crippen LogP contribution < -0.4 is 11.1 Å². The maximum absolute atomic E-state index is 12.4. The fourth-order valence-corrected chi connectivity index (χ4v) is 3.26. The molecule has 3 N–H and O–H groups in total. The minimum atomic E-state index is -0.783. The van der Waals surface area contributed by atoms with Crippen LogP contribution in [-0.2, 0) is 4.79 Å². The van der Waals surface area contributed by atoms with Crippen molar-refractivity contribution in [2.75, 3.05) is 13.1 Å². The van der Waals surface area contributed by atoms with Crippen molar-refractivity contribution in [3.8, 4) is 6.07 Å². The van der Waals surface area contributed by atoms with Crippen LogP contribution >= 0.6 is 0 Å².